The number of nitrogens with zero attached hydrogens (tertiary/aromatic N) is 2. The van der Waals surface area contributed by atoms with Crippen molar-refractivity contribution in [2.75, 3.05) is 13.2 Å². The van der Waals surface area contributed by atoms with Gasteiger partial charge in [-0.15, -0.1) is 0 Å². The van der Waals surface area contributed by atoms with Crippen molar-refractivity contribution in [3.05, 3.63) is 36.0 Å². The van der Waals surface area contributed by atoms with E-state index < -0.39 is 6.03 Å². The average Bonchev–Trinajstić information content (AvgIpc) is 3.10. The number of para-hydroxylation sites is 1. The van der Waals surface area contributed by atoms with Gasteiger partial charge >= 0.3 is 12.0 Å². The third-order valence-electron chi connectivity index (χ3n) is 4.23. The number of nitrogens with two attached hydrogens (primary N) is 1. The van der Waals surface area contributed by atoms with E-state index in [4.69, 9.17) is 10.5 Å². The zero-order valence-corrected chi connectivity index (χ0v) is 12.5. The maximum atomic E-state index is 12.3. The molecular weight excluding hydrogens is 282 g/mol. The topological polar surface area (TPSA) is 77.6 Å². The van der Waals surface area contributed by atoms with E-state index in [2.05, 4.69) is 0 Å². The highest BCUT2D eigenvalue weighted by Gasteiger charge is 2.28. The minimum absolute atomic E-state index is 0.115. The minimum atomic E-state index is -0.455. The Morgan fingerprint density at radius 3 is 2.86 bits per heavy atom. The number of carbonyl (C=O) groups is 2. The number of hydrogen-bond acceptors (Lipinski definition) is 3. The van der Waals surface area contributed by atoms with E-state index in [-0.39, 0.29) is 18.6 Å². The van der Waals surface area contributed by atoms with Crippen molar-refractivity contribution < 1.29 is 14.3 Å². The largest absolute Gasteiger partial charge is 0.459 e. The molecule has 6 heteroatoms. The van der Waals surface area contributed by atoms with Gasteiger partial charge in [-0.2, -0.15) is 0 Å². The molecule has 0 spiro atoms. The fourth-order valence-electron chi connectivity index (χ4n) is 3.03. The van der Waals surface area contributed by atoms with Crippen molar-refractivity contribution in [3.63, 3.8) is 0 Å². The van der Waals surface area contributed by atoms with Crippen LogP contribution in [-0.2, 0) is 11.8 Å². The summed E-state index contributed by atoms with van der Waals surface area (Å²) >= 11 is 0. The molecule has 1 unspecified atom stereocenters. The maximum absolute atomic E-state index is 12.3. The van der Waals surface area contributed by atoms with E-state index in [1.165, 1.54) is 0 Å². The summed E-state index contributed by atoms with van der Waals surface area (Å²) in [7, 11) is 1.84. The van der Waals surface area contributed by atoms with E-state index in [0.717, 1.165) is 23.7 Å². The first-order chi connectivity index (χ1) is 10.6. The highest BCUT2D eigenvalue weighted by atomic mass is 16.5. The van der Waals surface area contributed by atoms with Crippen LogP contribution in [0.3, 0.4) is 0 Å². The van der Waals surface area contributed by atoms with Gasteiger partial charge < -0.3 is 19.9 Å². The normalized spacial score (nSPS) is 17.9. The van der Waals surface area contributed by atoms with Crippen LogP contribution in [0, 0.1) is 0 Å². The van der Waals surface area contributed by atoms with Gasteiger partial charge in [-0.1, -0.05) is 18.2 Å². The predicted octanol–water partition coefficient (Wildman–Crippen LogP) is 1.88. The van der Waals surface area contributed by atoms with Crippen LogP contribution >= 0.6 is 0 Å². The molecule has 2 heterocycles. The number of primary amides is 1. The summed E-state index contributed by atoms with van der Waals surface area (Å²) in [5.74, 6) is -0.380. The highest BCUT2D eigenvalue weighted by Crippen LogP contribution is 2.20. The van der Waals surface area contributed by atoms with E-state index in [1.54, 1.807) is 4.90 Å². The Morgan fingerprint density at radius 2 is 2.14 bits per heavy atom. The molecule has 1 fully saturated rings. The molecule has 2 amide bonds. The fourth-order valence-corrected chi connectivity index (χ4v) is 3.03. The molecule has 3 rings (SSSR count). The average molecular weight is 301 g/mol. The summed E-state index contributed by atoms with van der Waals surface area (Å²) in [5, 5.41) is 0.997. The van der Waals surface area contributed by atoms with Gasteiger partial charge in [0.05, 0.1) is 6.04 Å². The molecule has 1 atom stereocenters. The number of amides is 2. The third-order valence-corrected chi connectivity index (χ3v) is 4.23. The maximum Gasteiger partial charge on any atom is 0.355 e. The molecule has 1 aromatic carbocycles. The van der Waals surface area contributed by atoms with Gasteiger partial charge in [0.1, 0.15) is 12.3 Å². The Labute approximate surface area is 128 Å². The van der Waals surface area contributed by atoms with Crippen molar-refractivity contribution in [2.24, 2.45) is 12.8 Å². The van der Waals surface area contributed by atoms with E-state index >= 15 is 0 Å². The summed E-state index contributed by atoms with van der Waals surface area (Å²) in [4.78, 5) is 25.2. The summed E-state index contributed by atoms with van der Waals surface area (Å²) < 4.78 is 7.21. The summed E-state index contributed by atoms with van der Waals surface area (Å²) in [6, 6.07) is 9.02. The Hall–Kier alpha value is -2.50. The first-order valence-electron chi connectivity index (χ1n) is 7.35. The lowest BCUT2D eigenvalue weighted by Gasteiger charge is -2.22. The molecule has 0 radical (unpaired) electrons. The van der Waals surface area contributed by atoms with Crippen LogP contribution < -0.4 is 5.73 Å². The van der Waals surface area contributed by atoms with E-state index in [9.17, 15) is 9.59 Å². The zero-order valence-electron chi connectivity index (χ0n) is 12.5. The van der Waals surface area contributed by atoms with Crippen molar-refractivity contribution in [1.29, 1.82) is 0 Å². The second-order valence-electron chi connectivity index (χ2n) is 5.57. The molecule has 1 aromatic heterocycles. The number of esters is 1. The van der Waals surface area contributed by atoms with Gasteiger partial charge in [-0.25, -0.2) is 9.59 Å². The summed E-state index contributed by atoms with van der Waals surface area (Å²) in [6.45, 7) is 0.814. The van der Waals surface area contributed by atoms with Gasteiger partial charge in [0, 0.05) is 24.5 Å². The SMILES string of the molecule is Cn1c(C(=O)OCC2CCCN2C(N)=O)cc2ccccc21. The number of hydrogen-bond donors (Lipinski definition) is 1. The van der Waals surface area contributed by atoms with Crippen molar-refractivity contribution in [1.82, 2.24) is 9.47 Å². The minimum Gasteiger partial charge on any atom is -0.459 e. The van der Waals surface area contributed by atoms with Gasteiger partial charge in [0.25, 0.3) is 0 Å². The molecule has 1 saturated heterocycles. The molecular formula is C16H19N3O3. The van der Waals surface area contributed by atoms with Crippen molar-refractivity contribution >= 4 is 22.9 Å². The van der Waals surface area contributed by atoms with E-state index in [0.29, 0.717) is 12.2 Å². The standard InChI is InChI=1S/C16H19N3O3/c1-18-13-7-3-2-5-11(13)9-14(18)15(20)22-10-12-6-4-8-19(12)16(17)21/h2-3,5,7,9,12H,4,6,8,10H2,1H3,(H2,17,21). The van der Waals surface area contributed by atoms with Gasteiger partial charge in [0.15, 0.2) is 0 Å². The smallest absolute Gasteiger partial charge is 0.355 e. The van der Waals surface area contributed by atoms with Crippen LogP contribution in [0.5, 0.6) is 0 Å². The molecule has 116 valence electrons. The monoisotopic (exact) mass is 301 g/mol. The number of aromatic nitrogens is 1. The fraction of sp³-hybridized carbons (Fsp3) is 0.375. The van der Waals surface area contributed by atoms with Gasteiger partial charge in [-0.3, -0.25) is 0 Å². The summed E-state index contributed by atoms with van der Waals surface area (Å²) in [6.07, 6.45) is 1.70. The molecule has 22 heavy (non-hydrogen) atoms. The molecule has 1 aliphatic heterocycles. The Bertz CT molecular complexity index is 722. The second-order valence-corrected chi connectivity index (χ2v) is 5.57. The highest BCUT2D eigenvalue weighted by molar-refractivity contribution is 5.95. The summed E-state index contributed by atoms with van der Waals surface area (Å²) in [5.41, 5.74) is 6.81. The van der Waals surface area contributed by atoms with Crippen LogP contribution in [0.2, 0.25) is 0 Å². The third kappa shape index (κ3) is 2.52. The number of carbonyl (C=O) groups excluding carboxylic acids is 2. The molecule has 2 aromatic rings. The van der Waals surface area contributed by atoms with Crippen LogP contribution in [0.15, 0.2) is 30.3 Å². The lowest BCUT2D eigenvalue weighted by Crippen LogP contribution is -2.42. The Morgan fingerprint density at radius 1 is 1.36 bits per heavy atom. The number of aryl methyl sites for hydroxylation is 1. The van der Waals surface area contributed by atoms with E-state index in [1.807, 2.05) is 41.9 Å². The lowest BCUT2D eigenvalue weighted by molar-refractivity contribution is 0.0412. The number of benzene rings is 1. The Kier molecular flexibility index (Phi) is 3.75. The molecule has 6 nitrogen and oxygen atoms in total. The number of fused-ring (bicyclic) bond motifs is 1. The van der Waals surface area contributed by atoms with Crippen LogP contribution in [0.1, 0.15) is 23.3 Å². The predicted molar refractivity (Wildman–Crippen MR) is 82.5 cm³/mol. The van der Waals surface area contributed by atoms with Gasteiger partial charge in [0.2, 0.25) is 0 Å². The van der Waals surface area contributed by atoms with Gasteiger partial charge in [-0.05, 0) is 25.0 Å². The number of rotatable bonds is 3. The van der Waals surface area contributed by atoms with Crippen LogP contribution in [-0.4, -0.2) is 40.7 Å². The number of likely N-dealkylation sites (tertiary alicyclic amines) is 1. The molecule has 1 aliphatic rings. The molecule has 2 N–H and O–H groups in total. The van der Waals surface area contributed by atoms with Crippen molar-refractivity contribution in [3.8, 4) is 0 Å². The Balaban J connectivity index is 1.71. The molecule has 0 saturated carbocycles. The first kappa shape index (κ1) is 14.4. The molecule has 0 bridgehead atoms. The second kappa shape index (κ2) is 5.71. The lowest BCUT2D eigenvalue weighted by atomic mass is 10.2. The molecule has 0 aliphatic carbocycles. The van der Waals surface area contributed by atoms with Crippen LogP contribution in [0.25, 0.3) is 10.9 Å². The van der Waals surface area contributed by atoms with Crippen molar-refractivity contribution in [2.45, 2.75) is 18.9 Å². The zero-order chi connectivity index (χ0) is 15.7. The number of urea groups is 1. The van der Waals surface area contributed by atoms with Crippen LogP contribution in [0.4, 0.5) is 4.79 Å². The number of ether oxygens (including phenoxy) is 1. The quantitative estimate of drug-likeness (QED) is 0.879. The first-order valence-corrected chi connectivity index (χ1v) is 7.35.